The summed E-state index contributed by atoms with van der Waals surface area (Å²) in [6, 6.07) is 9.27. The van der Waals surface area contributed by atoms with Gasteiger partial charge in [0.1, 0.15) is 10.9 Å². The third kappa shape index (κ3) is 3.68. The summed E-state index contributed by atoms with van der Waals surface area (Å²) in [4.78, 5) is 30.5. The molecule has 1 aromatic carbocycles. The Kier molecular flexibility index (Phi) is 5.51. The molecule has 0 saturated heterocycles. The number of amides is 1. The highest BCUT2D eigenvalue weighted by atomic mass is 32.1. The fourth-order valence-electron chi connectivity index (χ4n) is 2.79. The fraction of sp³-hybridized carbons (Fsp3) is 0.300. The van der Waals surface area contributed by atoms with E-state index in [0.717, 1.165) is 10.4 Å². The lowest BCUT2D eigenvalue weighted by atomic mass is 10.1. The van der Waals surface area contributed by atoms with Crippen molar-refractivity contribution < 1.29 is 14.3 Å². The molecule has 6 nitrogen and oxygen atoms in total. The van der Waals surface area contributed by atoms with Crippen LogP contribution in [0.4, 0.5) is 10.7 Å². The van der Waals surface area contributed by atoms with Crippen molar-refractivity contribution in [1.82, 2.24) is 0 Å². The molecule has 1 atom stereocenters. The first-order valence-corrected chi connectivity index (χ1v) is 9.51. The number of aliphatic imine (C=N–C) groups is 1. The van der Waals surface area contributed by atoms with Crippen molar-refractivity contribution in [3.05, 3.63) is 46.3 Å². The second kappa shape index (κ2) is 7.84. The molecule has 2 aromatic rings. The van der Waals surface area contributed by atoms with Gasteiger partial charge in [0.25, 0.3) is 5.91 Å². The molecule has 0 spiro atoms. The Bertz CT molecular complexity index is 931. The van der Waals surface area contributed by atoms with Crippen molar-refractivity contribution in [2.75, 3.05) is 11.6 Å². The van der Waals surface area contributed by atoms with Crippen molar-refractivity contribution in [2.24, 2.45) is 16.0 Å². The summed E-state index contributed by atoms with van der Waals surface area (Å²) in [6.45, 7) is 7.68. The van der Waals surface area contributed by atoms with E-state index >= 15 is 0 Å². The quantitative estimate of drug-likeness (QED) is 0.571. The zero-order chi connectivity index (χ0) is 19.6. The second-order valence-electron chi connectivity index (χ2n) is 6.17. The number of ether oxygens (including phenoxy) is 1. The molecule has 0 N–H and O–H groups in total. The zero-order valence-corrected chi connectivity index (χ0v) is 16.5. The van der Waals surface area contributed by atoms with Crippen molar-refractivity contribution in [3.8, 4) is 0 Å². The van der Waals surface area contributed by atoms with Gasteiger partial charge in [0.15, 0.2) is 0 Å². The number of anilines is 1. The monoisotopic (exact) mass is 383 g/mol. The molecule has 3 rings (SSSR count). The summed E-state index contributed by atoms with van der Waals surface area (Å²) in [5.41, 5.74) is 2.71. The van der Waals surface area contributed by atoms with Crippen LogP contribution in [0.5, 0.6) is 0 Å². The maximum absolute atomic E-state index is 12.8. The molecule has 2 heterocycles. The molecule has 0 aliphatic carbocycles. The lowest BCUT2D eigenvalue weighted by Gasteiger charge is -2.12. The molecule has 140 valence electrons. The van der Waals surface area contributed by atoms with Crippen molar-refractivity contribution >= 4 is 45.8 Å². The number of nitrogens with zero attached hydrogens (tertiary/aromatic N) is 3. The molecule has 1 amide bonds. The average molecular weight is 383 g/mol. The minimum Gasteiger partial charge on any atom is -0.462 e. The number of para-hydroxylation sites is 1. The molecule has 7 heteroatoms. The Morgan fingerprint density at radius 3 is 2.67 bits per heavy atom. The number of rotatable bonds is 5. The Morgan fingerprint density at radius 2 is 2.00 bits per heavy atom. The largest absolute Gasteiger partial charge is 0.462 e. The molecule has 0 saturated carbocycles. The standard InChI is InChI=1S/C20H21N3O3S/c1-5-26-20(25)17-12(2)14(4)27-18(17)21-11-16-13(3)22-23(19(16)24)15-9-7-6-8-10-15/h6-11,16H,5H2,1-4H3/t16-/m0/s1. The van der Waals surface area contributed by atoms with E-state index in [9.17, 15) is 9.59 Å². The van der Waals surface area contributed by atoms with E-state index in [2.05, 4.69) is 10.1 Å². The normalized spacial score (nSPS) is 16.9. The molecule has 0 unspecified atom stereocenters. The summed E-state index contributed by atoms with van der Waals surface area (Å²) in [5.74, 6) is -1.10. The third-order valence-corrected chi connectivity index (χ3v) is 5.49. The van der Waals surface area contributed by atoms with Crippen LogP contribution in [0, 0.1) is 19.8 Å². The zero-order valence-electron chi connectivity index (χ0n) is 15.7. The van der Waals surface area contributed by atoms with E-state index in [-0.39, 0.29) is 11.9 Å². The predicted molar refractivity (Wildman–Crippen MR) is 108 cm³/mol. The number of carbonyl (C=O) groups excluding carboxylic acids is 2. The van der Waals surface area contributed by atoms with Gasteiger partial charge >= 0.3 is 5.97 Å². The lowest BCUT2D eigenvalue weighted by Crippen LogP contribution is -2.27. The van der Waals surface area contributed by atoms with Gasteiger partial charge in [-0.2, -0.15) is 10.1 Å². The number of hydrazone groups is 1. The molecule has 1 aliphatic heterocycles. The lowest BCUT2D eigenvalue weighted by molar-refractivity contribution is -0.118. The van der Waals surface area contributed by atoms with Crippen molar-refractivity contribution in [2.45, 2.75) is 27.7 Å². The Morgan fingerprint density at radius 1 is 1.30 bits per heavy atom. The topological polar surface area (TPSA) is 71.3 Å². The minimum atomic E-state index is -0.553. The number of thiophene rings is 1. The van der Waals surface area contributed by atoms with Crippen LogP contribution in [0.2, 0.25) is 0 Å². The Hall–Kier alpha value is -2.80. The first-order valence-electron chi connectivity index (χ1n) is 8.69. The van der Waals surface area contributed by atoms with Crippen LogP contribution in [-0.2, 0) is 9.53 Å². The number of hydrogen-bond acceptors (Lipinski definition) is 6. The number of carbonyl (C=O) groups is 2. The summed E-state index contributed by atoms with van der Waals surface area (Å²) in [6.07, 6.45) is 1.57. The highest BCUT2D eigenvalue weighted by Gasteiger charge is 2.33. The third-order valence-electron chi connectivity index (χ3n) is 4.37. The molecular weight excluding hydrogens is 362 g/mol. The van der Waals surface area contributed by atoms with E-state index in [1.54, 1.807) is 20.1 Å². The Balaban J connectivity index is 1.87. The van der Waals surface area contributed by atoms with Crippen LogP contribution >= 0.6 is 11.3 Å². The molecule has 0 fully saturated rings. The highest BCUT2D eigenvalue weighted by molar-refractivity contribution is 7.16. The first kappa shape index (κ1) is 19.0. The van der Waals surface area contributed by atoms with Gasteiger partial charge in [0.2, 0.25) is 0 Å². The number of benzene rings is 1. The first-order chi connectivity index (χ1) is 12.9. The maximum atomic E-state index is 12.8. The van der Waals surface area contributed by atoms with E-state index in [1.807, 2.05) is 44.2 Å². The second-order valence-corrected chi connectivity index (χ2v) is 7.37. The van der Waals surface area contributed by atoms with Gasteiger partial charge in [-0.15, -0.1) is 11.3 Å². The van der Waals surface area contributed by atoms with E-state index in [1.165, 1.54) is 16.3 Å². The molecular formula is C20H21N3O3S. The van der Waals surface area contributed by atoms with Gasteiger partial charge in [-0.1, -0.05) is 18.2 Å². The maximum Gasteiger partial charge on any atom is 0.341 e. The SMILES string of the molecule is CCOC(=O)c1c(N=C[C@@H]2C(=O)N(c3ccccc3)N=C2C)sc(C)c1C. The van der Waals surface area contributed by atoms with Gasteiger partial charge in [-0.05, 0) is 45.4 Å². The summed E-state index contributed by atoms with van der Waals surface area (Å²) in [5, 5.41) is 6.31. The van der Waals surface area contributed by atoms with Crippen LogP contribution < -0.4 is 5.01 Å². The van der Waals surface area contributed by atoms with Crippen molar-refractivity contribution in [3.63, 3.8) is 0 Å². The minimum absolute atomic E-state index is 0.162. The summed E-state index contributed by atoms with van der Waals surface area (Å²) in [7, 11) is 0. The van der Waals surface area contributed by atoms with Crippen molar-refractivity contribution in [1.29, 1.82) is 0 Å². The summed E-state index contributed by atoms with van der Waals surface area (Å²) < 4.78 is 5.15. The van der Waals surface area contributed by atoms with Gasteiger partial charge in [-0.25, -0.2) is 9.79 Å². The molecule has 0 radical (unpaired) electrons. The molecule has 0 bridgehead atoms. The van der Waals surface area contributed by atoms with Crippen LogP contribution in [0.1, 0.15) is 34.6 Å². The molecule has 1 aliphatic rings. The van der Waals surface area contributed by atoms with Gasteiger partial charge in [-0.3, -0.25) is 4.79 Å². The van der Waals surface area contributed by atoms with Gasteiger partial charge < -0.3 is 4.74 Å². The van der Waals surface area contributed by atoms with Crippen LogP contribution in [0.3, 0.4) is 0 Å². The van der Waals surface area contributed by atoms with Gasteiger partial charge in [0.05, 0.1) is 23.6 Å². The van der Waals surface area contributed by atoms with E-state index in [4.69, 9.17) is 4.74 Å². The number of hydrogen-bond donors (Lipinski definition) is 0. The van der Waals surface area contributed by atoms with Crippen LogP contribution in [-0.4, -0.2) is 30.4 Å². The predicted octanol–water partition coefficient (Wildman–Crippen LogP) is 4.28. The number of aryl methyl sites for hydroxylation is 1. The van der Waals surface area contributed by atoms with E-state index in [0.29, 0.717) is 28.6 Å². The fourth-order valence-corrected chi connectivity index (χ4v) is 3.79. The number of esters is 1. The Labute approximate surface area is 162 Å². The molecule has 27 heavy (non-hydrogen) atoms. The van der Waals surface area contributed by atoms with Crippen LogP contribution in [0.25, 0.3) is 0 Å². The molecule has 1 aromatic heterocycles. The van der Waals surface area contributed by atoms with Gasteiger partial charge in [0, 0.05) is 11.1 Å². The summed E-state index contributed by atoms with van der Waals surface area (Å²) >= 11 is 1.41. The van der Waals surface area contributed by atoms with Crippen LogP contribution in [0.15, 0.2) is 40.4 Å². The smallest absolute Gasteiger partial charge is 0.341 e. The average Bonchev–Trinajstić information content (AvgIpc) is 3.10. The van der Waals surface area contributed by atoms with E-state index < -0.39 is 5.92 Å². The highest BCUT2D eigenvalue weighted by Crippen LogP contribution is 2.35.